The van der Waals surface area contributed by atoms with E-state index in [0.29, 0.717) is 0 Å². The van der Waals surface area contributed by atoms with Crippen LogP contribution in [0.5, 0.6) is 0 Å². The van der Waals surface area contributed by atoms with E-state index in [9.17, 15) is 4.79 Å². The molecule has 1 aliphatic rings. The van der Waals surface area contributed by atoms with Crippen molar-refractivity contribution in [1.29, 1.82) is 0 Å². The molecule has 2 nitrogen and oxygen atoms in total. The Morgan fingerprint density at radius 3 is 2.53 bits per heavy atom. The number of aryl methyl sites for hydroxylation is 1. The Hall–Kier alpha value is -1.31. The molecule has 1 amide bonds. The first-order valence-electron chi connectivity index (χ1n) is 7.61. The van der Waals surface area contributed by atoms with Crippen LogP contribution in [-0.2, 0) is 0 Å². The maximum atomic E-state index is 12.1. The zero-order valence-corrected chi connectivity index (χ0v) is 12.0. The van der Waals surface area contributed by atoms with Gasteiger partial charge in [0.05, 0.1) is 0 Å². The van der Waals surface area contributed by atoms with Gasteiger partial charge >= 0.3 is 0 Å². The van der Waals surface area contributed by atoms with Crippen LogP contribution in [0.4, 0.5) is 0 Å². The second-order valence-electron chi connectivity index (χ2n) is 5.72. The first-order chi connectivity index (χ1) is 9.27. The number of nitrogens with one attached hydrogen (secondary N) is 1. The van der Waals surface area contributed by atoms with Gasteiger partial charge in [0.15, 0.2) is 0 Å². The smallest absolute Gasteiger partial charge is 0.251 e. The summed E-state index contributed by atoms with van der Waals surface area (Å²) in [7, 11) is 0. The Morgan fingerprint density at radius 1 is 1.16 bits per heavy atom. The van der Waals surface area contributed by atoms with Crippen LogP contribution in [0.25, 0.3) is 0 Å². The molecule has 0 spiro atoms. The minimum atomic E-state index is 0.0757. The number of hydrogen-bond acceptors (Lipinski definition) is 1. The maximum absolute atomic E-state index is 12.1. The van der Waals surface area contributed by atoms with Crippen LogP contribution in [0, 0.1) is 12.8 Å². The van der Waals surface area contributed by atoms with Crippen molar-refractivity contribution < 1.29 is 4.79 Å². The molecule has 0 atom stereocenters. The van der Waals surface area contributed by atoms with Gasteiger partial charge < -0.3 is 5.32 Å². The van der Waals surface area contributed by atoms with Gasteiger partial charge in [0.25, 0.3) is 5.91 Å². The van der Waals surface area contributed by atoms with Crippen molar-refractivity contribution in [2.45, 2.75) is 51.9 Å². The average molecular weight is 259 g/mol. The fourth-order valence-corrected chi connectivity index (χ4v) is 2.97. The summed E-state index contributed by atoms with van der Waals surface area (Å²) in [6.45, 7) is 2.80. The molecule has 0 aliphatic heterocycles. The number of amides is 1. The fraction of sp³-hybridized carbons (Fsp3) is 0.588. The van der Waals surface area contributed by atoms with Crippen molar-refractivity contribution in [3.63, 3.8) is 0 Å². The van der Waals surface area contributed by atoms with Gasteiger partial charge in [-0.05, 0) is 30.9 Å². The molecule has 1 saturated carbocycles. The second kappa shape index (κ2) is 7.32. The van der Waals surface area contributed by atoms with Crippen LogP contribution in [-0.4, -0.2) is 12.5 Å². The minimum Gasteiger partial charge on any atom is -0.352 e. The summed E-state index contributed by atoms with van der Waals surface area (Å²) in [4.78, 5) is 12.1. The van der Waals surface area contributed by atoms with E-state index in [2.05, 4.69) is 5.32 Å². The summed E-state index contributed by atoms with van der Waals surface area (Å²) in [6, 6.07) is 7.78. The topological polar surface area (TPSA) is 29.1 Å². The van der Waals surface area contributed by atoms with Gasteiger partial charge in [-0.25, -0.2) is 0 Å². The summed E-state index contributed by atoms with van der Waals surface area (Å²) in [5.74, 6) is 0.895. The Bertz CT molecular complexity index is 405. The van der Waals surface area contributed by atoms with Crippen molar-refractivity contribution in [1.82, 2.24) is 5.32 Å². The van der Waals surface area contributed by atoms with Crippen molar-refractivity contribution in [2.24, 2.45) is 5.92 Å². The fourth-order valence-electron chi connectivity index (χ4n) is 2.97. The molecule has 1 aliphatic carbocycles. The normalized spacial score (nSPS) is 16.9. The molecule has 0 bridgehead atoms. The van der Waals surface area contributed by atoms with E-state index < -0.39 is 0 Å². The monoisotopic (exact) mass is 259 g/mol. The molecule has 0 unspecified atom stereocenters. The molecule has 19 heavy (non-hydrogen) atoms. The summed E-state index contributed by atoms with van der Waals surface area (Å²) in [5, 5.41) is 3.07. The molecule has 0 aromatic heterocycles. The lowest BCUT2D eigenvalue weighted by Crippen LogP contribution is -2.26. The predicted octanol–water partition coefficient (Wildman–Crippen LogP) is 4.09. The van der Waals surface area contributed by atoms with Crippen LogP contribution >= 0.6 is 0 Å². The molecule has 0 radical (unpaired) electrons. The number of benzene rings is 1. The van der Waals surface area contributed by atoms with E-state index in [1.165, 1.54) is 38.5 Å². The van der Waals surface area contributed by atoms with E-state index in [1.807, 2.05) is 31.2 Å². The largest absolute Gasteiger partial charge is 0.352 e. The first-order valence-corrected chi connectivity index (χ1v) is 7.61. The van der Waals surface area contributed by atoms with E-state index in [1.54, 1.807) is 0 Å². The first kappa shape index (κ1) is 14.1. The van der Waals surface area contributed by atoms with E-state index in [-0.39, 0.29) is 5.91 Å². The molecular weight excluding hydrogens is 234 g/mol. The minimum absolute atomic E-state index is 0.0757. The van der Waals surface area contributed by atoms with Gasteiger partial charge in [-0.15, -0.1) is 0 Å². The molecule has 1 N–H and O–H groups in total. The molecule has 1 aromatic carbocycles. The van der Waals surface area contributed by atoms with Gasteiger partial charge in [0.1, 0.15) is 0 Å². The van der Waals surface area contributed by atoms with Gasteiger partial charge in [-0.1, -0.05) is 56.7 Å². The lowest BCUT2D eigenvalue weighted by atomic mass is 9.96. The van der Waals surface area contributed by atoms with E-state index >= 15 is 0 Å². The molecule has 2 heteroatoms. The highest BCUT2D eigenvalue weighted by atomic mass is 16.1. The molecule has 0 saturated heterocycles. The Labute approximate surface area is 116 Å². The lowest BCUT2D eigenvalue weighted by Gasteiger charge is -2.14. The van der Waals surface area contributed by atoms with Gasteiger partial charge in [0.2, 0.25) is 0 Å². The quantitative estimate of drug-likeness (QED) is 0.811. The zero-order chi connectivity index (χ0) is 13.5. The standard InChI is InChI=1S/C17H25NO/c1-14-8-6-7-11-16(14)17(19)18-13-12-15-9-4-2-3-5-10-15/h6-8,11,15H,2-5,9-10,12-13H2,1H3,(H,18,19). The molecule has 0 heterocycles. The van der Waals surface area contributed by atoms with Crippen LogP contribution in [0.2, 0.25) is 0 Å². The predicted molar refractivity (Wildman–Crippen MR) is 79.3 cm³/mol. The molecule has 104 valence electrons. The Balaban J connectivity index is 1.76. The third-order valence-electron chi connectivity index (χ3n) is 4.20. The van der Waals surface area contributed by atoms with Crippen molar-refractivity contribution in [3.05, 3.63) is 35.4 Å². The van der Waals surface area contributed by atoms with Crippen LogP contribution < -0.4 is 5.32 Å². The van der Waals surface area contributed by atoms with Crippen LogP contribution in [0.3, 0.4) is 0 Å². The van der Waals surface area contributed by atoms with Gasteiger partial charge in [-0.3, -0.25) is 4.79 Å². The molecule has 1 aromatic rings. The van der Waals surface area contributed by atoms with Crippen molar-refractivity contribution >= 4 is 5.91 Å². The summed E-state index contributed by atoms with van der Waals surface area (Å²) in [5.41, 5.74) is 1.86. The van der Waals surface area contributed by atoms with Crippen LogP contribution in [0.1, 0.15) is 60.9 Å². The number of hydrogen-bond donors (Lipinski definition) is 1. The van der Waals surface area contributed by atoms with E-state index in [4.69, 9.17) is 0 Å². The summed E-state index contributed by atoms with van der Waals surface area (Å²) in [6.07, 6.45) is 9.36. The molecular formula is C17H25NO. The third kappa shape index (κ3) is 4.38. The third-order valence-corrected chi connectivity index (χ3v) is 4.20. The molecule has 1 fully saturated rings. The highest BCUT2D eigenvalue weighted by molar-refractivity contribution is 5.95. The number of carbonyl (C=O) groups is 1. The second-order valence-corrected chi connectivity index (χ2v) is 5.72. The number of carbonyl (C=O) groups excluding carboxylic acids is 1. The lowest BCUT2D eigenvalue weighted by molar-refractivity contribution is 0.0950. The molecule has 2 rings (SSSR count). The van der Waals surface area contributed by atoms with Gasteiger partial charge in [0, 0.05) is 12.1 Å². The van der Waals surface area contributed by atoms with E-state index in [0.717, 1.165) is 30.0 Å². The summed E-state index contributed by atoms with van der Waals surface area (Å²) >= 11 is 0. The van der Waals surface area contributed by atoms with Crippen molar-refractivity contribution in [3.8, 4) is 0 Å². The average Bonchev–Trinajstić information content (AvgIpc) is 2.68. The highest BCUT2D eigenvalue weighted by Gasteiger charge is 2.13. The number of rotatable bonds is 4. The maximum Gasteiger partial charge on any atom is 0.251 e. The highest BCUT2D eigenvalue weighted by Crippen LogP contribution is 2.24. The Morgan fingerprint density at radius 2 is 1.84 bits per heavy atom. The van der Waals surface area contributed by atoms with Crippen molar-refractivity contribution in [2.75, 3.05) is 6.54 Å². The van der Waals surface area contributed by atoms with Crippen LogP contribution in [0.15, 0.2) is 24.3 Å². The zero-order valence-electron chi connectivity index (χ0n) is 12.0. The SMILES string of the molecule is Cc1ccccc1C(=O)NCCC1CCCCCC1. The Kier molecular flexibility index (Phi) is 5.44. The summed E-state index contributed by atoms with van der Waals surface area (Å²) < 4.78 is 0. The van der Waals surface area contributed by atoms with Gasteiger partial charge in [-0.2, -0.15) is 0 Å².